The summed E-state index contributed by atoms with van der Waals surface area (Å²) in [5.41, 5.74) is 1.27. The average molecular weight is 306 g/mol. The Hall–Kier alpha value is -2.08. The van der Waals surface area contributed by atoms with Crippen LogP contribution in [0.15, 0.2) is 52.3 Å². The summed E-state index contributed by atoms with van der Waals surface area (Å²) in [5.74, 6) is 0. The largest absolute Gasteiger partial charge is 0.328 e. The minimum absolute atomic E-state index is 0.0102. The summed E-state index contributed by atoms with van der Waals surface area (Å²) >= 11 is 0. The number of pyridine rings is 1. The second-order valence-corrected chi connectivity index (χ2v) is 7.50. The molecule has 0 saturated heterocycles. The first-order valence-electron chi connectivity index (χ1n) is 6.51. The van der Waals surface area contributed by atoms with Crippen LogP contribution >= 0.6 is 0 Å². The second-order valence-electron chi connectivity index (χ2n) is 5.82. The number of hydrogen-bond acceptors (Lipinski definition) is 3. The van der Waals surface area contributed by atoms with Gasteiger partial charge in [-0.25, -0.2) is 8.42 Å². The summed E-state index contributed by atoms with van der Waals surface area (Å²) in [7, 11) is -3.70. The minimum Gasteiger partial charge on any atom is -0.328 e. The highest BCUT2D eigenvalue weighted by atomic mass is 32.2. The van der Waals surface area contributed by atoms with E-state index in [-0.39, 0.29) is 15.9 Å². The van der Waals surface area contributed by atoms with Crippen molar-refractivity contribution in [1.82, 2.24) is 4.98 Å². The van der Waals surface area contributed by atoms with Crippen LogP contribution in [0.5, 0.6) is 0 Å². The van der Waals surface area contributed by atoms with E-state index in [0.717, 1.165) is 5.56 Å². The number of aromatic nitrogens is 1. The van der Waals surface area contributed by atoms with E-state index in [9.17, 15) is 13.2 Å². The van der Waals surface area contributed by atoms with Crippen LogP contribution in [-0.2, 0) is 15.4 Å². The Labute approximate surface area is 124 Å². The fourth-order valence-corrected chi connectivity index (χ4v) is 2.84. The molecule has 0 aliphatic carbocycles. The van der Waals surface area contributed by atoms with E-state index < -0.39 is 10.0 Å². The van der Waals surface area contributed by atoms with E-state index in [0.29, 0.717) is 5.69 Å². The topological polar surface area (TPSA) is 79.0 Å². The molecule has 0 bridgehead atoms. The van der Waals surface area contributed by atoms with Crippen molar-refractivity contribution in [2.45, 2.75) is 31.1 Å². The molecule has 0 unspecified atom stereocenters. The lowest BCUT2D eigenvalue weighted by atomic mass is 9.87. The van der Waals surface area contributed by atoms with Crippen molar-refractivity contribution >= 4 is 15.7 Å². The van der Waals surface area contributed by atoms with Gasteiger partial charge in [-0.1, -0.05) is 32.9 Å². The van der Waals surface area contributed by atoms with Crippen LogP contribution in [0.3, 0.4) is 0 Å². The van der Waals surface area contributed by atoms with Crippen LogP contribution in [0.4, 0.5) is 5.69 Å². The number of benzene rings is 1. The normalized spacial score (nSPS) is 12.1. The van der Waals surface area contributed by atoms with Gasteiger partial charge in [0.05, 0.1) is 0 Å². The fourth-order valence-electron chi connectivity index (χ4n) is 1.82. The van der Waals surface area contributed by atoms with Crippen molar-refractivity contribution in [3.05, 3.63) is 58.5 Å². The SMILES string of the molecule is CC(C)(C)c1ccc(NS(=O)(=O)c2ccc(=O)[nH]c2)cc1. The molecule has 1 aromatic carbocycles. The number of hydrogen-bond donors (Lipinski definition) is 2. The standard InChI is InChI=1S/C15H18N2O3S/c1-15(2,3)11-4-6-12(7-5-11)17-21(19,20)13-8-9-14(18)16-10-13/h4-10,17H,1-3H3,(H,16,18). The molecular weight excluding hydrogens is 288 g/mol. The Morgan fingerprint density at radius 1 is 1.00 bits per heavy atom. The summed E-state index contributed by atoms with van der Waals surface area (Å²) in [6, 6.07) is 9.69. The molecule has 2 aromatic rings. The summed E-state index contributed by atoms with van der Waals surface area (Å²) in [6.45, 7) is 6.27. The van der Waals surface area contributed by atoms with Gasteiger partial charge in [-0.15, -0.1) is 0 Å². The van der Waals surface area contributed by atoms with Gasteiger partial charge in [-0.2, -0.15) is 0 Å². The third-order valence-electron chi connectivity index (χ3n) is 3.07. The van der Waals surface area contributed by atoms with Gasteiger partial charge in [0.25, 0.3) is 10.0 Å². The molecule has 0 amide bonds. The Kier molecular flexibility index (Phi) is 3.91. The van der Waals surface area contributed by atoms with Gasteiger partial charge < -0.3 is 4.98 Å². The molecule has 2 rings (SSSR count). The molecule has 1 aromatic heterocycles. The summed E-state index contributed by atoms with van der Waals surface area (Å²) in [4.78, 5) is 13.3. The number of H-pyrrole nitrogens is 1. The van der Waals surface area contributed by atoms with E-state index in [1.54, 1.807) is 12.1 Å². The van der Waals surface area contributed by atoms with Crippen molar-refractivity contribution in [2.75, 3.05) is 4.72 Å². The zero-order chi connectivity index (χ0) is 15.7. The Morgan fingerprint density at radius 3 is 2.10 bits per heavy atom. The predicted octanol–water partition coefficient (Wildman–Crippen LogP) is 2.47. The third kappa shape index (κ3) is 3.72. The number of aromatic amines is 1. The molecule has 2 N–H and O–H groups in total. The van der Waals surface area contributed by atoms with Gasteiger partial charge in [-0.3, -0.25) is 9.52 Å². The molecule has 0 atom stereocenters. The van der Waals surface area contributed by atoms with Crippen LogP contribution < -0.4 is 10.3 Å². The van der Waals surface area contributed by atoms with Crippen molar-refractivity contribution in [3.63, 3.8) is 0 Å². The molecule has 5 nitrogen and oxygen atoms in total. The Bertz CT molecular complexity index is 764. The number of sulfonamides is 1. The molecule has 0 aliphatic rings. The van der Waals surface area contributed by atoms with Crippen molar-refractivity contribution < 1.29 is 8.42 Å². The average Bonchev–Trinajstić information content (AvgIpc) is 2.38. The van der Waals surface area contributed by atoms with E-state index >= 15 is 0 Å². The molecular formula is C15H18N2O3S. The Balaban J connectivity index is 2.25. The maximum atomic E-state index is 12.2. The monoisotopic (exact) mass is 306 g/mol. The molecule has 1 heterocycles. The van der Waals surface area contributed by atoms with Crippen molar-refractivity contribution in [2.24, 2.45) is 0 Å². The smallest absolute Gasteiger partial charge is 0.263 e. The highest BCUT2D eigenvalue weighted by molar-refractivity contribution is 7.92. The molecule has 21 heavy (non-hydrogen) atoms. The predicted molar refractivity (Wildman–Crippen MR) is 83.0 cm³/mol. The van der Waals surface area contributed by atoms with E-state index in [2.05, 4.69) is 30.5 Å². The lowest BCUT2D eigenvalue weighted by Crippen LogP contribution is -2.15. The molecule has 112 valence electrons. The number of anilines is 1. The first kappa shape index (κ1) is 15.3. The van der Waals surface area contributed by atoms with E-state index in [1.807, 2.05) is 12.1 Å². The van der Waals surface area contributed by atoms with Crippen LogP contribution in [0.2, 0.25) is 0 Å². The molecule has 0 radical (unpaired) electrons. The van der Waals surface area contributed by atoms with Gasteiger partial charge in [0.2, 0.25) is 5.56 Å². The van der Waals surface area contributed by atoms with E-state index in [1.165, 1.54) is 18.3 Å². The van der Waals surface area contributed by atoms with Crippen molar-refractivity contribution in [3.8, 4) is 0 Å². The second kappa shape index (κ2) is 5.37. The maximum Gasteiger partial charge on any atom is 0.263 e. The fraction of sp³-hybridized carbons (Fsp3) is 0.267. The van der Waals surface area contributed by atoms with Crippen molar-refractivity contribution in [1.29, 1.82) is 0 Å². The van der Waals surface area contributed by atoms with Gasteiger partial charge >= 0.3 is 0 Å². The lowest BCUT2D eigenvalue weighted by molar-refractivity contribution is 0.590. The first-order valence-corrected chi connectivity index (χ1v) is 7.99. The van der Waals surface area contributed by atoms with Crippen LogP contribution in [-0.4, -0.2) is 13.4 Å². The summed E-state index contributed by atoms with van der Waals surface area (Å²) < 4.78 is 26.8. The molecule has 0 saturated carbocycles. The van der Waals surface area contributed by atoms with Crippen LogP contribution in [0.25, 0.3) is 0 Å². The van der Waals surface area contributed by atoms with Gasteiger partial charge in [0, 0.05) is 18.0 Å². The van der Waals surface area contributed by atoms with Gasteiger partial charge in [0.15, 0.2) is 0 Å². The molecule has 0 spiro atoms. The number of nitrogens with one attached hydrogen (secondary N) is 2. The maximum absolute atomic E-state index is 12.2. The van der Waals surface area contributed by atoms with Crippen LogP contribution in [0.1, 0.15) is 26.3 Å². The van der Waals surface area contributed by atoms with Gasteiger partial charge in [0.1, 0.15) is 4.90 Å². The molecule has 6 heteroatoms. The molecule has 0 fully saturated rings. The highest BCUT2D eigenvalue weighted by Gasteiger charge is 2.16. The number of rotatable bonds is 3. The zero-order valence-corrected chi connectivity index (χ0v) is 13.0. The minimum atomic E-state index is -3.70. The zero-order valence-electron chi connectivity index (χ0n) is 12.2. The lowest BCUT2D eigenvalue weighted by Gasteiger charge is -2.19. The Morgan fingerprint density at radius 2 is 1.62 bits per heavy atom. The summed E-state index contributed by atoms with van der Waals surface area (Å²) in [5, 5.41) is 0. The first-order chi connectivity index (χ1) is 9.68. The molecule has 0 aliphatic heterocycles. The van der Waals surface area contributed by atoms with E-state index in [4.69, 9.17) is 0 Å². The van der Waals surface area contributed by atoms with Crippen LogP contribution in [0, 0.1) is 0 Å². The quantitative estimate of drug-likeness (QED) is 0.914. The highest BCUT2D eigenvalue weighted by Crippen LogP contribution is 2.24. The van der Waals surface area contributed by atoms with Gasteiger partial charge in [-0.05, 0) is 29.2 Å². The third-order valence-corrected chi connectivity index (χ3v) is 4.45. The summed E-state index contributed by atoms with van der Waals surface area (Å²) in [6.07, 6.45) is 1.17.